The molecule has 1 aliphatic heterocycles. The van der Waals surface area contributed by atoms with Gasteiger partial charge in [0.15, 0.2) is 5.96 Å². The van der Waals surface area contributed by atoms with E-state index in [1.54, 1.807) is 0 Å². The molecule has 2 aliphatic rings. The van der Waals surface area contributed by atoms with Crippen LogP contribution in [0.5, 0.6) is 0 Å². The van der Waals surface area contributed by atoms with Crippen LogP contribution in [-0.2, 0) is 19.4 Å². The third-order valence-corrected chi connectivity index (χ3v) is 5.58. The third-order valence-electron chi connectivity index (χ3n) is 5.58. The van der Waals surface area contributed by atoms with E-state index >= 15 is 0 Å². The Kier molecular flexibility index (Phi) is 7.53. The molecule has 0 radical (unpaired) electrons. The molecule has 0 bridgehead atoms. The zero-order valence-electron chi connectivity index (χ0n) is 16.4. The molecule has 1 saturated heterocycles. The van der Waals surface area contributed by atoms with Crippen molar-refractivity contribution in [2.45, 2.75) is 51.5 Å². The summed E-state index contributed by atoms with van der Waals surface area (Å²) in [6.07, 6.45) is 10.6. The van der Waals surface area contributed by atoms with Crippen molar-refractivity contribution >= 4 is 41.4 Å². The molecular weight excluding hydrogens is 461 g/mol. The van der Waals surface area contributed by atoms with Crippen LogP contribution >= 0.6 is 24.0 Å². The highest BCUT2D eigenvalue weighted by atomic mass is 127. The molecular formula is C22H30IN5. The van der Waals surface area contributed by atoms with E-state index in [4.69, 9.17) is 5.73 Å². The van der Waals surface area contributed by atoms with Crippen molar-refractivity contribution in [2.24, 2.45) is 10.7 Å². The SMILES string of the molecule is I.NC(=NCc1ccc(N2CCCCC2)nc1)Nc1cccc2c1CCCC2. The maximum Gasteiger partial charge on any atom is 0.193 e. The standard InChI is InChI=1S/C22H29N5.HI/c23-22(26-20-10-6-8-18-7-2-3-9-19(18)20)25-16-17-11-12-21(24-15-17)27-13-4-1-5-14-27;/h6,8,10-12,15H,1-5,7,9,13-14,16H2,(H3,23,25,26);1H. The number of nitrogens with zero attached hydrogens (tertiary/aromatic N) is 3. The molecule has 150 valence electrons. The number of aliphatic imine (C=N–C) groups is 1. The Labute approximate surface area is 184 Å². The second-order valence-corrected chi connectivity index (χ2v) is 7.55. The summed E-state index contributed by atoms with van der Waals surface area (Å²) in [6.45, 7) is 2.77. The molecule has 28 heavy (non-hydrogen) atoms. The van der Waals surface area contributed by atoms with Crippen molar-refractivity contribution in [3.05, 3.63) is 53.2 Å². The lowest BCUT2D eigenvalue weighted by molar-refractivity contribution is 0.573. The fourth-order valence-electron chi connectivity index (χ4n) is 4.07. The van der Waals surface area contributed by atoms with E-state index < -0.39 is 0 Å². The van der Waals surface area contributed by atoms with E-state index in [9.17, 15) is 0 Å². The lowest BCUT2D eigenvalue weighted by Crippen LogP contribution is -2.30. The number of guanidine groups is 1. The number of piperidine rings is 1. The number of rotatable bonds is 4. The first-order valence-corrected chi connectivity index (χ1v) is 10.2. The topological polar surface area (TPSA) is 66.5 Å². The molecule has 6 heteroatoms. The molecule has 0 spiro atoms. The Morgan fingerprint density at radius 3 is 2.64 bits per heavy atom. The number of nitrogens with two attached hydrogens (primary N) is 1. The summed E-state index contributed by atoms with van der Waals surface area (Å²) in [5, 5.41) is 3.30. The van der Waals surface area contributed by atoms with Crippen molar-refractivity contribution in [1.82, 2.24) is 4.98 Å². The van der Waals surface area contributed by atoms with Crippen molar-refractivity contribution < 1.29 is 0 Å². The second-order valence-electron chi connectivity index (χ2n) is 7.55. The maximum absolute atomic E-state index is 6.14. The van der Waals surface area contributed by atoms with Gasteiger partial charge in [0.1, 0.15) is 5.82 Å². The molecule has 0 unspecified atom stereocenters. The normalized spacial score (nSPS) is 16.9. The van der Waals surface area contributed by atoms with Gasteiger partial charge in [0.05, 0.1) is 6.54 Å². The van der Waals surface area contributed by atoms with E-state index in [1.165, 1.54) is 43.2 Å². The van der Waals surface area contributed by atoms with Crippen LogP contribution < -0.4 is 16.0 Å². The van der Waals surface area contributed by atoms with Gasteiger partial charge in [-0.1, -0.05) is 18.2 Å². The van der Waals surface area contributed by atoms with Gasteiger partial charge < -0.3 is 16.0 Å². The van der Waals surface area contributed by atoms with Crippen molar-refractivity contribution in [3.63, 3.8) is 0 Å². The first-order valence-electron chi connectivity index (χ1n) is 10.2. The Balaban J connectivity index is 0.00000225. The summed E-state index contributed by atoms with van der Waals surface area (Å²) in [4.78, 5) is 11.5. The number of pyridine rings is 1. The molecule has 1 aliphatic carbocycles. The Bertz CT molecular complexity index is 797. The third kappa shape index (κ3) is 5.16. The largest absolute Gasteiger partial charge is 0.370 e. The minimum Gasteiger partial charge on any atom is -0.370 e. The summed E-state index contributed by atoms with van der Waals surface area (Å²) in [5.74, 6) is 1.54. The van der Waals surface area contributed by atoms with Gasteiger partial charge in [-0.05, 0) is 73.8 Å². The van der Waals surface area contributed by atoms with Gasteiger partial charge in [-0.3, -0.25) is 0 Å². The van der Waals surface area contributed by atoms with Crippen LogP contribution in [0.4, 0.5) is 11.5 Å². The van der Waals surface area contributed by atoms with Crippen LogP contribution in [0.25, 0.3) is 0 Å². The van der Waals surface area contributed by atoms with Gasteiger partial charge in [0.2, 0.25) is 0 Å². The van der Waals surface area contributed by atoms with Gasteiger partial charge in [0.25, 0.3) is 0 Å². The van der Waals surface area contributed by atoms with E-state index in [2.05, 4.69) is 50.5 Å². The Morgan fingerprint density at radius 2 is 1.86 bits per heavy atom. The molecule has 5 nitrogen and oxygen atoms in total. The number of fused-ring (bicyclic) bond motifs is 1. The van der Waals surface area contributed by atoms with Crippen LogP contribution in [-0.4, -0.2) is 24.0 Å². The monoisotopic (exact) mass is 491 g/mol. The van der Waals surface area contributed by atoms with Gasteiger partial charge in [-0.15, -0.1) is 24.0 Å². The Hall–Kier alpha value is -1.83. The van der Waals surface area contributed by atoms with E-state index in [1.807, 2.05) is 6.20 Å². The molecule has 1 aromatic heterocycles. The van der Waals surface area contributed by atoms with Gasteiger partial charge in [0, 0.05) is 25.0 Å². The summed E-state index contributed by atoms with van der Waals surface area (Å²) in [5.41, 5.74) is 11.2. The molecule has 0 amide bonds. The number of aromatic nitrogens is 1. The van der Waals surface area contributed by atoms with E-state index in [0.717, 1.165) is 43.0 Å². The Morgan fingerprint density at radius 1 is 1.04 bits per heavy atom. The number of nitrogens with one attached hydrogen (secondary N) is 1. The molecule has 0 saturated carbocycles. The van der Waals surface area contributed by atoms with E-state index in [-0.39, 0.29) is 24.0 Å². The van der Waals surface area contributed by atoms with Crippen molar-refractivity contribution in [2.75, 3.05) is 23.3 Å². The van der Waals surface area contributed by atoms with Crippen molar-refractivity contribution in [3.8, 4) is 0 Å². The van der Waals surface area contributed by atoms with Gasteiger partial charge >= 0.3 is 0 Å². The van der Waals surface area contributed by atoms with Crippen molar-refractivity contribution in [1.29, 1.82) is 0 Å². The van der Waals surface area contributed by atoms with Gasteiger partial charge in [-0.2, -0.15) is 0 Å². The lowest BCUT2D eigenvalue weighted by atomic mass is 9.90. The predicted octanol–water partition coefficient (Wildman–Crippen LogP) is 4.50. The predicted molar refractivity (Wildman–Crippen MR) is 128 cm³/mol. The maximum atomic E-state index is 6.14. The number of halogens is 1. The lowest BCUT2D eigenvalue weighted by Gasteiger charge is -2.27. The first-order chi connectivity index (χ1) is 13.3. The number of anilines is 2. The highest BCUT2D eigenvalue weighted by molar-refractivity contribution is 14.0. The van der Waals surface area contributed by atoms with Crippen LogP contribution in [0.2, 0.25) is 0 Å². The molecule has 2 aromatic rings. The van der Waals surface area contributed by atoms with Gasteiger partial charge in [-0.25, -0.2) is 9.98 Å². The van der Waals surface area contributed by atoms with Crippen LogP contribution in [0.1, 0.15) is 48.8 Å². The number of aryl methyl sites for hydroxylation is 1. The zero-order valence-corrected chi connectivity index (χ0v) is 18.7. The molecule has 1 aromatic carbocycles. The number of hydrogen-bond acceptors (Lipinski definition) is 3. The number of hydrogen-bond donors (Lipinski definition) is 2. The molecule has 1 fully saturated rings. The summed E-state index contributed by atoms with van der Waals surface area (Å²) in [6, 6.07) is 10.6. The molecule has 2 heterocycles. The average Bonchev–Trinajstić information content (AvgIpc) is 2.74. The summed E-state index contributed by atoms with van der Waals surface area (Å²) >= 11 is 0. The zero-order chi connectivity index (χ0) is 18.5. The minimum absolute atomic E-state index is 0. The molecule has 0 atom stereocenters. The first kappa shape index (κ1) is 20.9. The highest BCUT2D eigenvalue weighted by Crippen LogP contribution is 2.27. The van der Waals surface area contributed by atoms with Crippen LogP contribution in [0.15, 0.2) is 41.5 Å². The molecule has 3 N–H and O–H groups in total. The quantitative estimate of drug-likeness (QED) is 0.376. The number of benzene rings is 1. The fourth-order valence-corrected chi connectivity index (χ4v) is 4.07. The van der Waals surface area contributed by atoms with Crippen LogP contribution in [0, 0.1) is 0 Å². The smallest absolute Gasteiger partial charge is 0.193 e. The average molecular weight is 491 g/mol. The second kappa shape index (κ2) is 10.1. The fraction of sp³-hybridized carbons (Fsp3) is 0.455. The van der Waals surface area contributed by atoms with Crippen LogP contribution in [0.3, 0.4) is 0 Å². The summed E-state index contributed by atoms with van der Waals surface area (Å²) < 4.78 is 0. The minimum atomic E-state index is 0. The van der Waals surface area contributed by atoms with E-state index in [0.29, 0.717) is 12.5 Å². The molecule has 4 rings (SSSR count). The summed E-state index contributed by atoms with van der Waals surface area (Å²) in [7, 11) is 0. The highest BCUT2D eigenvalue weighted by Gasteiger charge is 2.13.